The van der Waals surface area contributed by atoms with Crippen molar-refractivity contribution in [3.05, 3.63) is 139 Å². The van der Waals surface area contributed by atoms with Gasteiger partial charge in [-0.05, 0) is 42.5 Å². The first-order valence-electron chi connectivity index (χ1n) is 13.3. The molecular formula is C36H22N4. The fourth-order valence-electron chi connectivity index (χ4n) is 6.17. The van der Waals surface area contributed by atoms with Crippen molar-refractivity contribution in [3.8, 4) is 28.6 Å². The molecule has 4 nitrogen and oxygen atoms in total. The van der Waals surface area contributed by atoms with Gasteiger partial charge in [-0.1, -0.05) is 78.9 Å². The number of hydrogen-bond acceptors (Lipinski definition) is 2. The SMILES string of the molecule is N#Cc1ccc(-c2cnccc2-n2c3ccccc3c3ccccc32)c(-n2c3ccccc3c3ccccc32)c1. The number of fused-ring (bicyclic) bond motifs is 6. The summed E-state index contributed by atoms with van der Waals surface area (Å²) in [6.07, 6.45) is 3.80. The van der Waals surface area contributed by atoms with Crippen LogP contribution >= 0.6 is 0 Å². The van der Waals surface area contributed by atoms with E-state index in [2.05, 4.69) is 129 Å². The summed E-state index contributed by atoms with van der Waals surface area (Å²) >= 11 is 0. The zero-order valence-corrected chi connectivity index (χ0v) is 21.5. The fraction of sp³-hybridized carbons (Fsp3) is 0. The predicted molar refractivity (Wildman–Crippen MR) is 163 cm³/mol. The van der Waals surface area contributed by atoms with Gasteiger partial charge in [-0.15, -0.1) is 0 Å². The van der Waals surface area contributed by atoms with Crippen LogP contribution in [0.3, 0.4) is 0 Å². The lowest BCUT2D eigenvalue weighted by Crippen LogP contribution is -2.02. The number of rotatable bonds is 3. The molecule has 0 amide bonds. The molecule has 0 bridgehead atoms. The molecule has 4 heteroatoms. The van der Waals surface area contributed by atoms with Crippen LogP contribution in [0.5, 0.6) is 0 Å². The molecule has 5 aromatic carbocycles. The lowest BCUT2D eigenvalue weighted by atomic mass is 10.0. The summed E-state index contributed by atoms with van der Waals surface area (Å²) in [7, 11) is 0. The highest BCUT2D eigenvalue weighted by molar-refractivity contribution is 6.11. The van der Waals surface area contributed by atoms with Gasteiger partial charge < -0.3 is 9.13 Å². The number of hydrogen-bond donors (Lipinski definition) is 0. The largest absolute Gasteiger partial charge is 0.309 e. The van der Waals surface area contributed by atoms with E-state index in [9.17, 15) is 5.26 Å². The standard InChI is InChI=1S/C36H22N4/c37-22-24-17-18-29(36(21-24)40-33-15-7-3-11-27(33)28-12-4-8-16-34(28)40)30-23-38-20-19-35(30)39-31-13-5-1-9-25(31)26-10-2-6-14-32(26)39/h1-21,23H. The summed E-state index contributed by atoms with van der Waals surface area (Å²) in [6, 6.07) is 44.4. The average molecular weight is 511 g/mol. The van der Waals surface area contributed by atoms with Crippen molar-refractivity contribution in [1.29, 1.82) is 5.26 Å². The van der Waals surface area contributed by atoms with E-state index in [1.165, 1.54) is 21.5 Å². The molecule has 8 rings (SSSR count). The van der Waals surface area contributed by atoms with E-state index in [0.717, 1.165) is 44.6 Å². The van der Waals surface area contributed by atoms with Crippen molar-refractivity contribution in [2.45, 2.75) is 0 Å². The Morgan fingerprint density at radius 1 is 0.500 bits per heavy atom. The van der Waals surface area contributed by atoms with Gasteiger partial charge >= 0.3 is 0 Å². The quantitative estimate of drug-likeness (QED) is 0.238. The lowest BCUT2D eigenvalue weighted by molar-refractivity contribution is 1.14. The van der Waals surface area contributed by atoms with Crippen molar-refractivity contribution >= 4 is 43.6 Å². The van der Waals surface area contributed by atoms with Gasteiger partial charge in [0, 0.05) is 45.1 Å². The Morgan fingerprint density at radius 3 is 1.48 bits per heavy atom. The van der Waals surface area contributed by atoms with E-state index in [0.29, 0.717) is 5.56 Å². The molecule has 0 aliphatic carbocycles. The molecule has 186 valence electrons. The van der Waals surface area contributed by atoms with Crippen molar-refractivity contribution in [1.82, 2.24) is 14.1 Å². The minimum Gasteiger partial charge on any atom is -0.309 e. The van der Waals surface area contributed by atoms with Crippen LogP contribution in [0.25, 0.3) is 66.1 Å². The minimum absolute atomic E-state index is 0.614. The van der Waals surface area contributed by atoms with Crippen LogP contribution in [0.1, 0.15) is 5.56 Å². The Hall–Kier alpha value is -5.66. The Balaban J connectivity index is 1.49. The smallest absolute Gasteiger partial charge is 0.0992 e. The van der Waals surface area contributed by atoms with E-state index in [1.54, 1.807) is 0 Å². The highest BCUT2D eigenvalue weighted by Gasteiger charge is 2.20. The van der Waals surface area contributed by atoms with Gasteiger partial charge in [-0.2, -0.15) is 5.26 Å². The average Bonchev–Trinajstić information content (AvgIpc) is 3.54. The van der Waals surface area contributed by atoms with Gasteiger partial charge in [0.15, 0.2) is 0 Å². The second-order valence-electron chi connectivity index (χ2n) is 9.98. The Kier molecular flexibility index (Phi) is 4.85. The summed E-state index contributed by atoms with van der Waals surface area (Å²) in [5.41, 5.74) is 9.09. The van der Waals surface area contributed by atoms with Gasteiger partial charge in [0.05, 0.1) is 45.1 Å². The zero-order chi connectivity index (χ0) is 26.6. The topological polar surface area (TPSA) is 46.5 Å². The molecule has 0 unspecified atom stereocenters. The molecule has 40 heavy (non-hydrogen) atoms. The summed E-state index contributed by atoms with van der Waals surface area (Å²) in [6.45, 7) is 0. The van der Waals surface area contributed by atoms with E-state index in [1.807, 2.05) is 24.5 Å². The van der Waals surface area contributed by atoms with E-state index >= 15 is 0 Å². The molecule has 0 saturated carbocycles. The third-order valence-electron chi connectivity index (χ3n) is 7.86. The first kappa shape index (κ1) is 22.3. The summed E-state index contributed by atoms with van der Waals surface area (Å²) in [5, 5.41) is 14.7. The fourth-order valence-corrected chi connectivity index (χ4v) is 6.17. The molecular weight excluding hydrogens is 488 g/mol. The third-order valence-corrected chi connectivity index (χ3v) is 7.86. The maximum absolute atomic E-state index is 9.91. The maximum Gasteiger partial charge on any atom is 0.0992 e. The van der Waals surface area contributed by atoms with Crippen molar-refractivity contribution < 1.29 is 0 Å². The lowest BCUT2D eigenvalue weighted by Gasteiger charge is -2.18. The summed E-state index contributed by atoms with van der Waals surface area (Å²) < 4.78 is 4.61. The predicted octanol–water partition coefficient (Wildman–Crippen LogP) is 8.81. The van der Waals surface area contributed by atoms with E-state index < -0.39 is 0 Å². The Morgan fingerprint density at radius 2 is 0.975 bits per heavy atom. The molecule has 8 aromatic rings. The number of benzene rings is 5. The van der Waals surface area contributed by atoms with Crippen LogP contribution in [0.15, 0.2) is 134 Å². The van der Waals surface area contributed by atoms with E-state index in [-0.39, 0.29) is 0 Å². The molecule has 0 radical (unpaired) electrons. The minimum atomic E-state index is 0.614. The molecule has 0 aliphatic heterocycles. The van der Waals surface area contributed by atoms with Crippen molar-refractivity contribution in [3.63, 3.8) is 0 Å². The number of nitriles is 1. The van der Waals surface area contributed by atoms with Gasteiger partial charge in [0.2, 0.25) is 0 Å². The first-order valence-corrected chi connectivity index (χ1v) is 13.3. The highest BCUT2D eigenvalue weighted by atomic mass is 15.0. The number of aromatic nitrogens is 3. The Bertz CT molecular complexity index is 2190. The van der Waals surface area contributed by atoms with Gasteiger partial charge in [0.1, 0.15) is 0 Å². The zero-order valence-electron chi connectivity index (χ0n) is 21.5. The molecule has 0 aliphatic rings. The number of nitrogens with zero attached hydrogens (tertiary/aromatic N) is 4. The van der Waals surface area contributed by atoms with Crippen LogP contribution in [-0.4, -0.2) is 14.1 Å². The van der Waals surface area contributed by atoms with Crippen LogP contribution in [0.4, 0.5) is 0 Å². The van der Waals surface area contributed by atoms with Crippen LogP contribution < -0.4 is 0 Å². The molecule has 3 heterocycles. The number of para-hydroxylation sites is 4. The van der Waals surface area contributed by atoms with Crippen LogP contribution in [0, 0.1) is 11.3 Å². The number of pyridine rings is 1. The Labute approximate surface area is 230 Å². The molecule has 3 aromatic heterocycles. The molecule has 0 fully saturated rings. The molecule has 0 saturated heterocycles. The van der Waals surface area contributed by atoms with Crippen LogP contribution in [0.2, 0.25) is 0 Å². The molecule has 0 N–H and O–H groups in total. The first-order chi connectivity index (χ1) is 19.8. The second kappa shape index (κ2) is 8.69. The molecule has 0 spiro atoms. The maximum atomic E-state index is 9.91. The van der Waals surface area contributed by atoms with Crippen LogP contribution in [-0.2, 0) is 0 Å². The molecule has 0 atom stereocenters. The third kappa shape index (κ3) is 3.15. The van der Waals surface area contributed by atoms with Gasteiger partial charge in [-0.25, -0.2) is 0 Å². The highest BCUT2D eigenvalue weighted by Crippen LogP contribution is 2.40. The van der Waals surface area contributed by atoms with E-state index in [4.69, 9.17) is 0 Å². The summed E-state index contributed by atoms with van der Waals surface area (Å²) in [4.78, 5) is 4.59. The van der Waals surface area contributed by atoms with Crippen molar-refractivity contribution in [2.24, 2.45) is 0 Å². The monoisotopic (exact) mass is 510 g/mol. The normalized spacial score (nSPS) is 11.5. The second-order valence-corrected chi connectivity index (χ2v) is 9.98. The van der Waals surface area contributed by atoms with Gasteiger partial charge in [0.25, 0.3) is 0 Å². The summed E-state index contributed by atoms with van der Waals surface area (Å²) in [5.74, 6) is 0. The van der Waals surface area contributed by atoms with Crippen molar-refractivity contribution in [2.75, 3.05) is 0 Å². The van der Waals surface area contributed by atoms with Gasteiger partial charge in [-0.3, -0.25) is 4.98 Å².